The van der Waals surface area contributed by atoms with E-state index in [2.05, 4.69) is 31.9 Å². The summed E-state index contributed by atoms with van der Waals surface area (Å²) in [6.07, 6.45) is 0.615. The highest BCUT2D eigenvalue weighted by Crippen LogP contribution is 2.36. The van der Waals surface area contributed by atoms with Gasteiger partial charge in [-0.05, 0) is 54.1 Å². The van der Waals surface area contributed by atoms with E-state index in [0.717, 1.165) is 31.5 Å². The molecule has 1 atom stereocenters. The molecule has 0 bridgehead atoms. The summed E-state index contributed by atoms with van der Waals surface area (Å²) in [5.74, 6) is 0.620. The molecule has 0 unspecified atom stereocenters. The Kier molecular flexibility index (Phi) is 5.83. The van der Waals surface area contributed by atoms with Crippen LogP contribution in [0, 0.1) is 0 Å². The molecule has 3 aromatic rings. The van der Waals surface area contributed by atoms with Gasteiger partial charge >= 0.3 is 0 Å². The lowest BCUT2D eigenvalue weighted by Crippen LogP contribution is -2.27. The van der Waals surface area contributed by atoms with E-state index in [1.54, 1.807) is 12.1 Å². The standard InChI is InChI=1S/C23H18Br2N2O2/c1-29-22-5-3-2-4-19(22)20-14-21(15-6-10-17(24)11-7-15)27(26-20)23(28)16-8-12-18(25)13-9-16/h2-13,21H,14H2,1H3/t21-/m1/s1. The van der Waals surface area contributed by atoms with E-state index in [0.29, 0.717) is 12.0 Å². The second-order valence-corrected chi connectivity index (χ2v) is 8.51. The van der Waals surface area contributed by atoms with Crippen LogP contribution in [0.15, 0.2) is 86.8 Å². The first-order chi connectivity index (χ1) is 14.1. The van der Waals surface area contributed by atoms with Crippen molar-refractivity contribution in [1.29, 1.82) is 0 Å². The van der Waals surface area contributed by atoms with E-state index in [4.69, 9.17) is 9.84 Å². The number of methoxy groups -OCH3 is 1. The molecule has 0 aromatic heterocycles. The molecule has 1 aliphatic rings. The van der Waals surface area contributed by atoms with Crippen LogP contribution in [0.5, 0.6) is 5.75 Å². The highest BCUT2D eigenvalue weighted by atomic mass is 79.9. The van der Waals surface area contributed by atoms with E-state index < -0.39 is 0 Å². The molecule has 0 saturated heterocycles. The number of para-hydroxylation sites is 1. The Morgan fingerprint density at radius 1 is 0.966 bits per heavy atom. The van der Waals surface area contributed by atoms with Gasteiger partial charge in [-0.3, -0.25) is 4.79 Å². The number of carbonyl (C=O) groups excluding carboxylic acids is 1. The number of nitrogens with zero attached hydrogens (tertiary/aromatic N) is 2. The first-order valence-electron chi connectivity index (χ1n) is 9.12. The lowest BCUT2D eigenvalue weighted by Gasteiger charge is -2.22. The van der Waals surface area contributed by atoms with Crippen molar-refractivity contribution < 1.29 is 9.53 Å². The zero-order valence-electron chi connectivity index (χ0n) is 15.7. The highest BCUT2D eigenvalue weighted by Gasteiger charge is 2.34. The third-order valence-electron chi connectivity index (χ3n) is 4.88. The molecule has 0 fully saturated rings. The second kappa shape index (κ2) is 8.51. The van der Waals surface area contributed by atoms with Gasteiger partial charge in [0.05, 0.1) is 18.9 Å². The number of halogens is 2. The summed E-state index contributed by atoms with van der Waals surface area (Å²) < 4.78 is 7.44. The van der Waals surface area contributed by atoms with Crippen molar-refractivity contribution in [3.63, 3.8) is 0 Å². The average molecular weight is 514 g/mol. The first kappa shape index (κ1) is 19.9. The molecule has 4 rings (SSSR count). The summed E-state index contributed by atoms with van der Waals surface area (Å²) in [6, 6.07) is 22.9. The number of benzene rings is 3. The van der Waals surface area contributed by atoms with Crippen LogP contribution in [0.4, 0.5) is 0 Å². The fourth-order valence-corrected chi connectivity index (χ4v) is 3.94. The van der Waals surface area contributed by atoms with E-state index >= 15 is 0 Å². The monoisotopic (exact) mass is 512 g/mol. The van der Waals surface area contributed by atoms with Gasteiger partial charge in [0.1, 0.15) is 5.75 Å². The topological polar surface area (TPSA) is 41.9 Å². The van der Waals surface area contributed by atoms with Gasteiger partial charge in [0.2, 0.25) is 0 Å². The van der Waals surface area contributed by atoms with E-state index in [9.17, 15) is 4.79 Å². The van der Waals surface area contributed by atoms with Gasteiger partial charge < -0.3 is 4.74 Å². The van der Waals surface area contributed by atoms with Crippen molar-refractivity contribution in [1.82, 2.24) is 5.01 Å². The number of carbonyl (C=O) groups is 1. The molecule has 1 heterocycles. The molecule has 29 heavy (non-hydrogen) atoms. The molecule has 0 saturated carbocycles. The van der Waals surface area contributed by atoms with Gasteiger partial charge in [0, 0.05) is 26.5 Å². The van der Waals surface area contributed by atoms with Gasteiger partial charge in [-0.1, -0.05) is 56.1 Å². The summed E-state index contributed by atoms with van der Waals surface area (Å²) in [4.78, 5) is 13.3. The maximum Gasteiger partial charge on any atom is 0.274 e. The normalized spacial score (nSPS) is 15.9. The van der Waals surface area contributed by atoms with E-state index in [1.165, 1.54) is 0 Å². The first-order valence-corrected chi connectivity index (χ1v) is 10.7. The molecule has 0 spiro atoms. The van der Waals surface area contributed by atoms with Crippen LogP contribution in [-0.4, -0.2) is 23.7 Å². The Balaban J connectivity index is 1.75. The number of ether oxygens (including phenoxy) is 1. The predicted octanol–water partition coefficient (Wildman–Crippen LogP) is 6.21. The molecular formula is C23H18Br2N2O2. The van der Waals surface area contributed by atoms with Crippen LogP contribution in [0.3, 0.4) is 0 Å². The maximum atomic E-state index is 13.3. The van der Waals surface area contributed by atoms with Gasteiger partial charge in [0.15, 0.2) is 0 Å². The second-order valence-electron chi connectivity index (χ2n) is 6.68. The number of amides is 1. The SMILES string of the molecule is COc1ccccc1C1=NN(C(=O)c2ccc(Br)cc2)[C@@H](c2ccc(Br)cc2)C1. The number of hydrogen-bond acceptors (Lipinski definition) is 3. The smallest absolute Gasteiger partial charge is 0.274 e. The van der Waals surface area contributed by atoms with Crippen LogP contribution in [-0.2, 0) is 0 Å². The maximum absolute atomic E-state index is 13.3. The molecule has 0 N–H and O–H groups in total. The molecule has 146 valence electrons. The zero-order valence-corrected chi connectivity index (χ0v) is 18.9. The quantitative estimate of drug-likeness (QED) is 0.416. The van der Waals surface area contributed by atoms with Crippen molar-refractivity contribution in [2.24, 2.45) is 5.10 Å². The third-order valence-corrected chi connectivity index (χ3v) is 5.94. The minimum Gasteiger partial charge on any atom is -0.496 e. The van der Waals surface area contributed by atoms with Gasteiger partial charge in [0.25, 0.3) is 5.91 Å². The number of hydrogen-bond donors (Lipinski definition) is 0. The van der Waals surface area contributed by atoms with Crippen LogP contribution < -0.4 is 4.74 Å². The molecule has 1 amide bonds. The average Bonchev–Trinajstić information content (AvgIpc) is 3.19. The molecule has 0 aliphatic carbocycles. The Bertz CT molecular complexity index is 1060. The number of hydrazone groups is 1. The van der Waals surface area contributed by atoms with Crippen molar-refractivity contribution in [2.75, 3.05) is 7.11 Å². The predicted molar refractivity (Wildman–Crippen MR) is 121 cm³/mol. The van der Waals surface area contributed by atoms with Crippen LogP contribution in [0.25, 0.3) is 0 Å². The van der Waals surface area contributed by atoms with Gasteiger partial charge in [-0.15, -0.1) is 0 Å². The lowest BCUT2D eigenvalue weighted by atomic mass is 9.97. The molecule has 4 nitrogen and oxygen atoms in total. The van der Waals surface area contributed by atoms with Gasteiger partial charge in [-0.25, -0.2) is 5.01 Å². The fraction of sp³-hybridized carbons (Fsp3) is 0.130. The van der Waals surface area contributed by atoms with E-state index in [1.807, 2.05) is 72.8 Å². The summed E-state index contributed by atoms with van der Waals surface area (Å²) in [7, 11) is 1.64. The Morgan fingerprint density at radius 3 is 2.24 bits per heavy atom. The summed E-state index contributed by atoms with van der Waals surface area (Å²) in [5.41, 5.74) is 3.37. The molecule has 1 aliphatic heterocycles. The van der Waals surface area contributed by atoms with Crippen LogP contribution in [0.2, 0.25) is 0 Å². The summed E-state index contributed by atoms with van der Waals surface area (Å²) in [5, 5.41) is 6.33. The van der Waals surface area contributed by atoms with Crippen LogP contribution >= 0.6 is 31.9 Å². The molecule has 6 heteroatoms. The third kappa shape index (κ3) is 4.14. The van der Waals surface area contributed by atoms with Crippen molar-refractivity contribution in [3.8, 4) is 5.75 Å². The van der Waals surface area contributed by atoms with E-state index in [-0.39, 0.29) is 11.9 Å². The fourth-order valence-electron chi connectivity index (χ4n) is 3.41. The minimum absolute atomic E-state index is 0.129. The molecular weight excluding hydrogens is 496 g/mol. The minimum atomic E-state index is -0.181. The van der Waals surface area contributed by atoms with Crippen LogP contribution in [0.1, 0.15) is 33.9 Å². The molecule has 3 aromatic carbocycles. The summed E-state index contributed by atoms with van der Waals surface area (Å²) >= 11 is 6.90. The Hall–Kier alpha value is -2.44. The summed E-state index contributed by atoms with van der Waals surface area (Å²) in [6.45, 7) is 0. The molecule has 0 radical (unpaired) electrons. The number of rotatable bonds is 4. The van der Waals surface area contributed by atoms with Crippen molar-refractivity contribution in [3.05, 3.63) is 98.4 Å². The van der Waals surface area contributed by atoms with Crippen molar-refractivity contribution in [2.45, 2.75) is 12.5 Å². The van der Waals surface area contributed by atoms with Crippen molar-refractivity contribution >= 4 is 43.5 Å². The highest BCUT2D eigenvalue weighted by molar-refractivity contribution is 9.10. The zero-order chi connectivity index (χ0) is 20.4. The Labute approximate surface area is 186 Å². The largest absolute Gasteiger partial charge is 0.496 e. The van der Waals surface area contributed by atoms with Gasteiger partial charge in [-0.2, -0.15) is 5.10 Å². The Morgan fingerprint density at radius 2 is 1.59 bits per heavy atom. The lowest BCUT2D eigenvalue weighted by molar-refractivity contribution is 0.0711.